The molecule has 2 amide bonds. The van der Waals surface area contributed by atoms with E-state index in [9.17, 15) is 9.59 Å². The van der Waals surface area contributed by atoms with Crippen molar-refractivity contribution < 1.29 is 14.3 Å². The molecule has 0 spiro atoms. The first kappa shape index (κ1) is 18.5. The number of unbranched alkanes of at least 4 members (excludes halogenated alkanes) is 3. The summed E-state index contributed by atoms with van der Waals surface area (Å²) in [5.41, 5.74) is 1.20. The van der Waals surface area contributed by atoms with Gasteiger partial charge in [0.2, 0.25) is 0 Å². The Bertz CT molecular complexity index is 601. The topological polar surface area (TPSA) is 67.4 Å². The molecule has 2 N–H and O–H groups in total. The Morgan fingerprint density at radius 2 is 1.96 bits per heavy atom. The van der Waals surface area contributed by atoms with Crippen LogP contribution in [-0.4, -0.2) is 18.6 Å². The van der Waals surface area contributed by atoms with Crippen molar-refractivity contribution >= 4 is 27.9 Å². The van der Waals surface area contributed by atoms with Crippen molar-refractivity contribution in [2.75, 3.05) is 6.61 Å². The van der Waals surface area contributed by atoms with Gasteiger partial charge in [-0.1, -0.05) is 60.8 Å². The number of hydrogen-bond donors (Lipinski definition) is 2. The summed E-state index contributed by atoms with van der Waals surface area (Å²) in [5.74, 6) is -1.01. The highest BCUT2D eigenvalue weighted by Gasteiger charge is 2.38. The number of carbonyl (C=O) groups excluding carboxylic acids is 2. The molecule has 0 aliphatic carbocycles. The van der Waals surface area contributed by atoms with Gasteiger partial charge >= 0.3 is 12.0 Å². The lowest BCUT2D eigenvalue weighted by atomic mass is 9.89. The third-order valence-electron chi connectivity index (χ3n) is 3.99. The molecule has 2 rings (SSSR count). The number of esters is 1. The molecule has 130 valence electrons. The van der Waals surface area contributed by atoms with Gasteiger partial charge in [-0.15, -0.1) is 0 Å². The highest BCUT2D eigenvalue weighted by Crippen LogP contribution is 2.31. The van der Waals surface area contributed by atoms with Crippen LogP contribution in [0, 0.1) is 5.92 Å². The van der Waals surface area contributed by atoms with Gasteiger partial charge < -0.3 is 15.4 Å². The summed E-state index contributed by atoms with van der Waals surface area (Å²) in [6.07, 6.45) is 4.16. The van der Waals surface area contributed by atoms with Gasteiger partial charge in [0.15, 0.2) is 0 Å². The number of amides is 2. The van der Waals surface area contributed by atoms with E-state index in [0.29, 0.717) is 12.3 Å². The molecule has 5 nitrogen and oxygen atoms in total. The van der Waals surface area contributed by atoms with E-state index < -0.39 is 12.0 Å². The molecule has 0 radical (unpaired) electrons. The van der Waals surface area contributed by atoms with Gasteiger partial charge in [-0.2, -0.15) is 0 Å². The van der Waals surface area contributed by atoms with E-state index in [1.807, 2.05) is 24.3 Å². The summed E-state index contributed by atoms with van der Waals surface area (Å²) in [6, 6.07) is 6.64. The Balaban J connectivity index is 2.07. The Labute approximate surface area is 151 Å². The van der Waals surface area contributed by atoms with E-state index in [0.717, 1.165) is 35.7 Å². The molecule has 1 fully saturated rings. The van der Waals surface area contributed by atoms with Crippen molar-refractivity contribution in [1.82, 2.24) is 10.6 Å². The molecule has 24 heavy (non-hydrogen) atoms. The van der Waals surface area contributed by atoms with Gasteiger partial charge in [0.05, 0.1) is 12.6 Å². The molecule has 1 saturated heterocycles. The fourth-order valence-corrected chi connectivity index (χ4v) is 2.97. The molecule has 1 aliphatic heterocycles. The van der Waals surface area contributed by atoms with Crippen LogP contribution < -0.4 is 10.6 Å². The normalized spacial score (nSPS) is 20.2. The smallest absolute Gasteiger partial charge is 0.319 e. The molecule has 1 heterocycles. The van der Waals surface area contributed by atoms with Gasteiger partial charge in [0, 0.05) is 10.2 Å². The fourth-order valence-electron chi connectivity index (χ4n) is 2.70. The first-order chi connectivity index (χ1) is 11.5. The van der Waals surface area contributed by atoms with Crippen molar-refractivity contribution in [2.45, 2.75) is 38.6 Å². The molecule has 1 aromatic carbocycles. The van der Waals surface area contributed by atoms with Crippen molar-refractivity contribution in [3.63, 3.8) is 0 Å². The second-order valence-corrected chi connectivity index (χ2v) is 6.77. The SMILES string of the molecule is C=C1NC(=O)N[C@@H](c2ccc(Br)cc2)[C@@H]1C(=O)OCCCCCC. The monoisotopic (exact) mass is 394 g/mol. The van der Waals surface area contributed by atoms with E-state index >= 15 is 0 Å². The van der Waals surface area contributed by atoms with Gasteiger partial charge in [-0.25, -0.2) is 4.79 Å². The second-order valence-electron chi connectivity index (χ2n) is 5.86. The lowest BCUT2D eigenvalue weighted by molar-refractivity contribution is -0.148. The predicted molar refractivity (Wildman–Crippen MR) is 96.3 cm³/mol. The van der Waals surface area contributed by atoms with E-state index in [-0.39, 0.29) is 12.0 Å². The van der Waals surface area contributed by atoms with Gasteiger partial charge in [0.25, 0.3) is 0 Å². The number of rotatable bonds is 7. The molecular weight excluding hydrogens is 372 g/mol. The van der Waals surface area contributed by atoms with E-state index in [2.05, 4.69) is 40.1 Å². The summed E-state index contributed by atoms with van der Waals surface area (Å²) in [7, 11) is 0. The maximum Gasteiger partial charge on any atom is 0.319 e. The Kier molecular flexibility index (Phi) is 6.85. The third-order valence-corrected chi connectivity index (χ3v) is 4.52. The standard InChI is InChI=1S/C18H23BrN2O3/c1-3-4-5-6-11-24-17(22)15-12(2)20-18(23)21-16(15)13-7-9-14(19)10-8-13/h7-10,15-16H,2-6,11H2,1H3,(H2,20,21,23)/t15-,16+/m1/s1. The van der Waals surface area contributed by atoms with Crippen LogP contribution in [0.4, 0.5) is 4.79 Å². The van der Waals surface area contributed by atoms with E-state index in [4.69, 9.17) is 4.74 Å². The summed E-state index contributed by atoms with van der Waals surface area (Å²) in [6.45, 7) is 6.36. The quantitative estimate of drug-likeness (QED) is 0.541. The number of urea groups is 1. The third kappa shape index (κ3) is 4.84. The Hall–Kier alpha value is -1.82. The van der Waals surface area contributed by atoms with Crippen LogP contribution in [0.25, 0.3) is 0 Å². The van der Waals surface area contributed by atoms with Crippen LogP contribution in [0.3, 0.4) is 0 Å². The van der Waals surface area contributed by atoms with E-state index in [1.165, 1.54) is 0 Å². The Morgan fingerprint density at radius 1 is 1.25 bits per heavy atom. The van der Waals surface area contributed by atoms with Gasteiger partial charge in [-0.05, 0) is 24.1 Å². The zero-order valence-electron chi connectivity index (χ0n) is 13.8. The zero-order chi connectivity index (χ0) is 17.5. The van der Waals surface area contributed by atoms with Crippen LogP contribution in [0.5, 0.6) is 0 Å². The summed E-state index contributed by atoms with van der Waals surface area (Å²) < 4.78 is 6.34. The van der Waals surface area contributed by atoms with Crippen LogP contribution >= 0.6 is 15.9 Å². The predicted octanol–water partition coefficient (Wildman–Crippen LogP) is 4.06. The van der Waals surface area contributed by atoms with Crippen molar-refractivity contribution in [3.8, 4) is 0 Å². The summed E-state index contributed by atoms with van der Waals surface area (Å²) in [5, 5.41) is 5.37. The Morgan fingerprint density at radius 3 is 2.62 bits per heavy atom. The number of benzene rings is 1. The van der Waals surface area contributed by atoms with Crippen LogP contribution in [-0.2, 0) is 9.53 Å². The lowest BCUT2D eigenvalue weighted by Gasteiger charge is -2.33. The average Bonchev–Trinajstić information content (AvgIpc) is 2.54. The minimum Gasteiger partial charge on any atom is -0.465 e. The molecule has 2 atom stereocenters. The lowest BCUT2D eigenvalue weighted by Crippen LogP contribution is -2.51. The van der Waals surface area contributed by atoms with Crippen molar-refractivity contribution in [3.05, 3.63) is 46.6 Å². The number of nitrogens with one attached hydrogen (secondary N) is 2. The largest absolute Gasteiger partial charge is 0.465 e. The molecular formula is C18H23BrN2O3. The molecule has 0 unspecified atom stereocenters. The molecule has 6 heteroatoms. The average molecular weight is 395 g/mol. The maximum atomic E-state index is 12.5. The highest BCUT2D eigenvalue weighted by atomic mass is 79.9. The highest BCUT2D eigenvalue weighted by molar-refractivity contribution is 9.10. The van der Waals surface area contributed by atoms with Crippen molar-refractivity contribution in [1.29, 1.82) is 0 Å². The first-order valence-corrected chi connectivity index (χ1v) is 9.00. The number of ether oxygens (including phenoxy) is 1. The first-order valence-electron chi connectivity index (χ1n) is 8.21. The second kappa shape index (κ2) is 8.87. The fraction of sp³-hybridized carbons (Fsp3) is 0.444. The van der Waals surface area contributed by atoms with Gasteiger partial charge in [0.1, 0.15) is 5.92 Å². The molecule has 1 aromatic rings. The minimum absolute atomic E-state index is 0.361. The summed E-state index contributed by atoms with van der Waals surface area (Å²) >= 11 is 3.38. The molecule has 0 bridgehead atoms. The van der Waals surface area contributed by atoms with Crippen LogP contribution in [0.1, 0.15) is 44.2 Å². The van der Waals surface area contributed by atoms with Gasteiger partial charge in [-0.3, -0.25) is 4.79 Å². The number of carbonyl (C=O) groups is 2. The van der Waals surface area contributed by atoms with Crippen LogP contribution in [0.15, 0.2) is 41.0 Å². The summed E-state index contributed by atoms with van der Waals surface area (Å²) in [4.78, 5) is 24.3. The number of hydrogen-bond acceptors (Lipinski definition) is 3. The minimum atomic E-state index is -0.643. The maximum absolute atomic E-state index is 12.5. The molecule has 1 aliphatic rings. The molecule has 0 aromatic heterocycles. The van der Waals surface area contributed by atoms with Crippen molar-refractivity contribution in [2.24, 2.45) is 5.92 Å². The number of halogens is 1. The van der Waals surface area contributed by atoms with Crippen LogP contribution in [0.2, 0.25) is 0 Å². The zero-order valence-corrected chi connectivity index (χ0v) is 15.4. The van der Waals surface area contributed by atoms with E-state index in [1.54, 1.807) is 0 Å². The molecule has 0 saturated carbocycles.